The number of imidazole rings is 2. The fourth-order valence-corrected chi connectivity index (χ4v) is 7.12. The van der Waals surface area contributed by atoms with Crippen molar-refractivity contribution >= 4 is 44.0 Å². The first-order valence-electron chi connectivity index (χ1n) is 16.4. The van der Waals surface area contributed by atoms with Crippen molar-refractivity contribution in [2.24, 2.45) is 0 Å². The second-order valence-electron chi connectivity index (χ2n) is 12.3. The summed E-state index contributed by atoms with van der Waals surface area (Å²) in [7, 11) is 0. The summed E-state index contributed by atoms with van der Waals surface area (Å²) < 4.78 is 11.0. The van der Waals surface area contributed by atoms with Gasteiger partial charge in [-0.1, -0.05) is 103 Å². The molecule has 0 spiro atoms. The molecule has 7 aromatic carbocycles. The molecule has 0 saturated heterocycles. The molecular formula is C44H28N4O. The normalized spacial score (nSPS) is 11.7. The molecule has 0 aliphatic heterocycles. The van der Waals surface area contributed by atoms with Crippen LogP contribution in [0.25, 0.3) is 89.3 Å². The van der Waals surface area contributed by atoms with Crippen LogP contribution in [0.1, 0.15) is 0 Å². The van der Waals surface area contributed by atoms with Crippen LogP contribution in [-0.4, -0.2) is 19.1 Å². The van der Waals surface area contributed by atoms with Crippen LogP contribution in [0, 0.1) is 0 Å². The van der Waals surface area contributed by atoms with Crippen molar-refractivity contribution in [2.75, 3.05) is 0 Å². The van der Waals surface area contributed by atoms with E-state index in [9.17, 15) is 0 Å². The molecule has 0 N–H and O–H groups in total. The Balaban J connectivity index is 1.16. The third kappa shape index (κ3) is 4.40. The SMILES string of the molecule is c1ccc(-c2nc3ccccc3n2-c2cccc3oc4ccc(-c5cccc(-c6nc7ccccc7n6-c6ccccc6)c5)cc4c23)cc1. The minimum atomic E-state index is 0.840. The van der Waals surface area contributed by atoms with E-state index in [1.54, 1.807) is 0 Å². The Bertz CT molecular complexity index is 2830. The average Bonchev–Trinajstić information content (AvgIpc) is 3.87. The molecule has 3 aromatic heterocycles. The quantitative estimate of drug-likeness (QED) is 0.191. The van der Waals surface area contributed by atoms with Gasteiger partial charge < -0.3 is 4.42 Å². The van der Waals surface area contributed by atoms with E-state index < -0.39 is 0 Å². The Labute approximate surface area is 282 Å². The fraction of sp³-hybridized carbons (Fsp3) is 0. The molecule has 0 amide bonds. The van der Waals surface area contributed by atoms with Gasteiger partial charge in [-0.3, -0.25) is 9.13 Å². The summed E-state index contributed by atoms with van der Waals surface area (Å²) in [5.41, 5.74) is 12.2. The van der Waals surface area contributed by atoms with Crippen molar-refractivity contribution in [3.05, 3.63) is 170 Å². The molecule has 0 bridgehead atoms. The van der Waals surface area contributed by atoms with Crippen LogP contribution in [0.4, 0.5) is 0 Å². The monoisotopic (exact) mass is 628 g/mol. The highest BCUT2D eigenvalue weighted by atomic mass is 16.3. The average molecular weight is 629 g/mol. The van der Waals surface area contributed by atoms with Crippen molar-refractivity contribution in [3.63, 3.8) is 0 Å². The minimum Gasteiger partial charge on any atom is -0.456 e. The molecule has 0 radical (unpaired) electrons. The number of aromatic nitrogens is 4. The van der Waals surface area contributed by atoms with E-state index in [4.69, 9.17) is 14.4 Å². The molecule has 5 heteroatoms. The van der Waals surface area contributed by atoms with Crippen LogP contribution in [0.5, 0.6) is 0 Å². The lowest BCUT2D eigenvalue weighted by molar-refractivity contribution is 0.669. The van der Waals surface area contributed by atoms with Crippen molar-refractivity contribution in [1.82, 2.24) is 19.1 Å². The Morgan fingerprint density at radius 1 is 0.408 bits per heavy atom. The smallest absolute Gasteiger partial charge is 0.145 e. The van der Waals surface area contributed by atoms with Gasteiger partial charge in [-0.15, -0.1) is 0 Å². The van der Waals surface area contributed by atoms with Gasteiger partial charge in [0.15, 0.2) is 0 Å². The molecule has 3 heterocycles. The molecular weight excluding hydrogens is 601 g/mol. The highest BCUT2D eigenvalue weighted by Gasteiger charge is 2.20. The maximum absolute atomic E-state index is 6.48. The van der Waals surface area contributed by atoms with Gasteiger partial charge >= 0.3 is 0 Å². The van der Waals surface area contributed by atoms with Gasteiger partial charge in [-0.05, 0) is 77.9 Å². The van der Waals surface area contributed by atoms with Gasteiger partial charge in [0.25, 0.3) is 0 Å². The number of para-hydroxylation sites is 5. The number of nitrogens with zero attached hydrogens (tertiary/aromatic N) is 4. The highest BCUT2D eigenvalue weighted by Crippen LogP contribution is 2.39. The van der Waals surface area contributed by atoms with Gasteiger partial charge in [0.05, 0.1) is 33.1 Å². The molecule has 10 aromatic rings. The molecule has 0 aliphatic carbocycles. The third-order valence-electron chi connectivity index (χ3n) is 9.34. The van der Waals surface area contributed by atoms with Gasteiger partial charge in [0.2, 0.25) is 0 Å². The molecule has 0 aliphatic rings. The van der Waals surface area contributed by atoms with Gasteiger partial charge in [0.1, 0.15) is 22.8 Å². The van der Waals surface area contributed by atoms with Crippen molar-refractivity contribution < 1.29 is 4.42 Å². The summed E-state index contributed by atoms with van der Waals surface area (Å²) >= 11 is 0. The lowest BCUT2D eigenvalue weighted by Gasteiger charge is -2.12. The van der Waals surface area contributed by atoms with Crippen LogP contribution in [0.2, 0.25) is 0 Å². The molecule has 230 valence electrons. The first kappa shape index (κ1) is 27.4. The lowest BCUT2D eigenvalue weighted by Crippen LogP contribution is -1.98. The van der Waals surface area contributed by atoms with E-state index in [0.29, 0.717) is 0 Å². The summed E-state index contributed by atoms with van der Waals surface area (Å²) in [5.74, 6) is 1.81. The first-order valence-corrected chi connectivity index (χ1v) is 16.4. The molecule has 0 atom stereocenters. The van der Waals surface area contributed by atoms with E-state index in [1.807, 2.05) is 24.3 Å². The van der Waals surface area contributed by atoms with Gasteiger partial charge in [0, 0.05) is 22.2 Å². The Kier molecular flexibility index (Phi) is 6.11. The number of benzene rings is 7. The predicted molar refractivity (Wildman–Crippen MR) is 199 cm³/mol. The second kappa shape index (κ2) is 10.9. The summed E-state index contributed by atoms with van der Waals surface area (Å²) in [4.78, 5) is 10.2. The molecule has 10 rings (SSSR count). The number of rotatable bonds is 5. The van der Waals surface area contributed by atoms with Crippen molar-refractivity contribution in [2.45, 2.75) is 0 Å². The van der Waals surface area contributed by atoms with Crippen LogP contribution in [0.15, 0.2) is 174 Å². The number of hydrogen-bond acceptors (Lipinski definition) is 3. The molecule has 0 fully saturated rings. The highest BCUT2D eigenvalue weighted by molar-refractivity contribution is 6.11. The van der Waals surface area contributed by atoms with E-state index in [0.717, 1.165) is 89.3 Å². The maximum atomic E-state index is 6.48. The Morgan fingerprint density at radius 3 is 1.78 bits per heavy atom. The van der Waals surface area contributed by atoms with E-state index in [1.165, 1.54) is 0 Å². The largest absolute Gasteiger partial charge is 0.456 e. The fourth-order valence-electron chi connectivity index (χ4n) is 7.12. The van der Waals surface area contributed by atoms with Crippen LogP contribution < -0.4 is 0 Å². The third-order valence-corrected chi connectivity index (χ3v) is 9.34. The van der Waals surface area contributed by atoms with Crippen LogP contribution >= 0.6 is 0 Å². The van der Waals surface area contributed by atoms with Crippen molar-refractivity contribution in [1.29, 1.82) is 0 Å². The zero-order chi connectivity index (χ0) is 32.3. The van der Waals surface area contributed by atoms with Crippen LogP contribution in [-0.2, 0) is 0 Å². The lowest BCUT2D eigenvalue weighted by atomic mass is 10.00. The maximum Gasteiger partial charge on any atom is 0.145 e. The number of fused-ring (bicyclic) bond motifs is 5. The molecule has 0 saturated carbocycles. The second-order valence-corrected chi connectivity index (χ2v) is 12.3. The van der Waals surface area contributed by atoms with E-state index in [2.05, 4.69) is 155 Å². The minimum absolute atomic E-state index is 0.840. The van der Waals surface area contributed by atoms with Crippen LogP contribution in [0.3, 0.4) is 0 Å². The zero-order valence-corrected chi connectivity index (χ0v) is 26.4. The molecule has 0 unspecified atom stereocenters. The number of hydrogen-bond donors (Lipinski definition) is 0. The van der Waals surface area contributed by atoms with Gasteiger partial charge in [-0.25, -0.2) is 9.97 Å². The summed E-state index contributed by atoms with van der Waals surface area (Å²) in [6.45, 7) is 0. The van der Waals surface area contributed by atoms with E-state index in [-0.39, 0.29) is 0 Å². The Hall–Kier alpha value is -6.72. The summed E-state index contributed by atoms with van der Waals surface area (Å²) in [6, 6.07) is 58.9. The summed E-state index contributed by atoms with van der Waals surface area (Å²) in [6.07, 6.45) is 0. The van der Waals surface area contributed by atoms with Gasteiger partial charge in [-0.2, -0.15) is 0 Å². The molecule has 49 heavy (non-hydrogen) atoms. The zero-order valence-electron chi connectivity index (χ0n) is 26.4. The number of furan rings is 1. The van der Waals surface area contributed by atoms with E-state index >= 15 is 0 Å². The Morgan fingerprint density at radius 2 is 1.00 bits per heavy atom. The standard InChI is InChI=1S/C44H28N4O/c1-3-13-29(14-4-1)43-45-36-20-8-10-22-38(36)48(43)39-23-12-24-41-42(39)34-28-31(25-26-40(34)49-41)30-15-11-16-32(27-30)44-46-35-19-7-9-21-37(35)47(44)33-17-5-2-6-18-33/h1-28H. The molecule has 5 nitrogen and oxygen atoms in total. The predicted octanol–water partition coefficient (Wildman–Crippen LogP) is 11.3. The van der Waals surface area contributed by atoms with Crippen molar-refractivity contribution in [3.8, 4) is 45.3 Å². The first-order chi connectivity index (χ1) is 24.3. The summed E-state index contributed by atoms with van der Waals surface area (Å²) in [5, 5.41) is 2.11. The topological polar surface area (TPSA) is 48.8 Å².